The van der Waals surface area contributed by atoms with E-state index in [2.05, 4.69) is 0 Å². The maximum Gasteiger partial charge on any atom is 0.336 e. The van der Waals surface area contributed by atoms with E-state index in [9.17, 15) is 18.0 Å². The lowest BCUT2D eigenvalue weighted by molar-refractivity contribution is -0.140. The van der Waals surface area contributed by atoms with Gasteiger partial charge in [0.1, 0.15) is 15.5 Å². The number of hydrogen-bond acceptors (Lipinski definition) is 7. The molecule has 9 heteroatoms. The molecule has 1 fully saturated rings. The van der Waals surface area contributed by atoms with Crippen LogP contribution in [0.5, 0.6) is 5.75 Å². The largest absolute Gasteiger partial charge is 0.426 e. The molecule has 164 valence electrons. The van der Waals surface area contributed by atoms with Crippen molar-refractivity contribution < 1.29 is 22.4 Å². The summed E-state index contributed by atoms with van der Waals surface area (Å²) < 4.78 is 38.2. The molecule has 4 rings (SSSR count). The Hall–Kier alpha value is -2.49. The predicted molar refractivity (Wildman–Crippen MR) is 118 cm³/mol. The summed E-state index contributed by atoms with van der Waals surface area (Å²) >= 11 is 1.22. The maximum absolute atomic E-state index is 12.9. The van der Waals surface area contributed by atoms with Crippen LogP contribution in [-0.2, 0) is 21.2 Å². The summed E-state index contributed by atoms with van der Waals surface area (Å²) in [5.41, 5.74) is 0.765. The van der Waals surface area contributed by atoms with E-state index in [-0.39, 0.29) is 16.5 Å². The summed E-state index contributed by atoms with van der Waals surface area (Å²) in [5.74, 6) is -0.785. The molecule has 2 aromatic heterocycles. The highest BCUT2D eigenvalue weighted by Crippen LogP contribution is 2.29. The van der Waals surface area contributed by atoms with Gasteiger partial charge in [-0.05, 0) is 56.0 Å². The number of carbonyl (C=O) groups is 1. The van der Waals surface area contributed by atoms with Gasteiger partial charge in [0, 0.05) is 35.5 Å². The molecule has 0 aliphatic carbocycles. The number of esters is 1. The van der Waals surface area contributed by atoms with Gasteiger partial charge in [0.25, 0.3) is 10.0 Å². The van der Waals surface area contributed by atoms with Crippen LogP contribution in [0.1, 0.15) is 30.2 Å². The van der Waals surface area contributed by atoms with E-state index < -0.39 is 27.5 Å². The molecule has 1 saturated heterocycles. The number of sulfonamides is 1. The third kappa shape index (κ3) is 4.44. The van der Waals surface area contributed by atoms with Gasteiger partial charge in [-0.2, -0.15) is 4.31 Å². The minimum atomic E-state index is -3.63. The van der Waals surface area contributed by atoms with Gasteiger partial charge in [0.15, 0.2) is 0 Å². The van der Waals surface area contributed by atoms with Gasteiger partial charge in [0.2, 0.25) is 0 Å². The van der Waals surface area contributed by atoms with Crippen molar-refractivity contribution in [3.8, 4) is 5.75 Å². The number of piperidine rings is 1. The van der Waals surface area contributed by atoms with Crippen LogP contribution in [0.4, 0.5) is 0 Å². The van der Waals surface area contributed by atoms with Crippen LogP contribution in [-0.4, -0.2) is 31.8 Å². The molecule has 1 aliphatic heterocycles. The van der Waals surface area contributed by atoms with Gasteiger partial charge in [-0.25, -0.2) is 13.2 Å². The standard InChI is InChI=1S/C22H23NO6S2/c1-3-15-11-20(24)29-19-12-17(7-8-18(15)19)28-22(25)16-5-4-10-23(13-16)31(26,27)21-9-6-14(2)30-21/h6-9,11-12,16H,3-5,10,13H2,1-2H3/t16-/m1/s1. The van der Waals surface area contributed by atoms with E-state index in [1.54, 1.807) is 24.3 Å². The lowest BCUT2D eigenvalue weighted by Crippen LogP contribution is -2.43. The smallest absolute Gasteiger partial charge is 0.336 e. The SMILES string of the molecule is CCc1cc(=O)oc2cc(OC(=O)[C@@H]3CCCN(S(=O)(=O)c4ccc(C)s4)C3)ccc12. The number of carbonyl (C=O) groups excluding carboxylic acids is 1. The van der Waals surface area contributed by atoms with Crippen molar-refractivity contribution in [2.45, 2.75) is 37.3 Å². The van der Waals surface area contributed by atoms with Crippen molar-refractivity contribution in [1.29, 1.82) is 0 Å². The normalized spacial score (nSPS) is 17.7. The quantitative estimate of drug-likeness (QED) is 0.326. The molecule has 3 aromatic rings. The van der Waals surface area contributed by atoms with E-state index >= 15 is 0 Å². The summed E-state index contributed by atoms with van der Waals surface area (Å²) in [5, 5.41) is 0.795. The Morgan fingerprint density at radius 3 is 2.77 bits per heavy atom. The third-order valence-corrected chi connectivity index (χ3v) is 8.76. The number of ether oxygens (including phenoxy) is 1. The zero-order chi connectivity index (χ0) is 22.2. The Bertz CT molecular complexity index is 1290. The number of fused-ring (bicyclic) bond motifs is 1. The molecular formula is C22H23NO6S2. The van der Waals surface area contributed by atoms with Crippen LogP contribution >= 0.6 is 11.3 Å². The molecule has 0 bridgehead atoms. The third-order valence-electron chi connectivity index (χ3n) is 5.43. The van der Waals surface area contributed by atoms with Crippen LogP contribution in [0.3, 0.4) is 0 Å². The molecule has 31 heavy (non-hydrogen) atoms. The van der Waals surface area contributed by atoms with Crippen molar-refractivity contribution in [2.75, 3.05) is 13.1 Å². The second-order valence-corrected chi connectivity index (χ2v) is 11.0. The van der Waals surface area contributed by atoms with E-state index in [1.165, 1.54) is 27.8 Å². The molecule has 1 atom stereocenters. The first-order valence-electron chi connectivity index (χ1n) is 10.1. The highest BCUT2D eigenvalue weighted by Gasteiger charge is 2.35. The molecule has 0 spiro atoms. The van der Waals surface area contributed by atoms with Crippen LogP contribution in [0.25, 0.3) is 11.0 Å². The lowest BCUT2D eigenvalue weighted by atomic mass is 10.00. The molecule has 1 aliphatic rings. The fourth-order valence-electron chi connectivity index (χ4n) is 3.80. The zero-order valence-electron chi connectivity index (χ0n) is 17.3. The second kappa shape index (κ2) is 8.57. The minimum absolute atomic E-state index is 0.0841. The average Bonchev–Trinajstić information content (AvgIpc) is 3.20. The van der Waals surface area contributed by atoms with Gasteiger partial charge in [-0.15, -0.1) is 11.3 Å². The molecule has 0 unspecified atom stereocenters. The summed E-state index contributed by atoms with van der Waals surface area (Å²) in [6.07, 6.45) is 1.81. The molecule has 0 saturated carbocycles. The first-order valence-corrected chi connectivity index (χ1v) is 12.4. The average molecular weight is 462 g/mol. The van der Waals surface area contributed by atoms with Crippen LogP contribution in [0, 0.1) is 12.8 Å². The van der Waals surface area contributed by atoms with E-state index in [0.29, 0.717) is 31.4 Å². The molecule has 0 radical (unpaired) electrons. The Morgan fingerprint density at radius 2 is 2.06 bits per heavy atom. The first kappa shape index (κ1) is 21.7. The summed E-state index contributed by atoms with van der Waals surface area (Å²) in [6, 6.07) is 9.78. The van der Waals surface area contributed by atoms with Gasteiger partial charge in [-0.1, -0.05) is 6.92 Å². The van der Waals surface area contributed by atoms with Gasteiger partial charge in [-0.3, -0.25) is 4.79 Å². The molecule has 3 heterocycles. The number of rotatable bonds is 5. The highest BCUT2D eigenvalue weighted by atomic mass is 32.2. The molecular weight excluding hydrogens is 438 g/mol. The second-order valence-electron chi connectivity index (χ2n) is 7.59. The van der Waals surface area contributed by atoms with Crippen molar-refractivity contribution >= 4 is 38.3 Å². The minimum Gasteiger partial charge on any atom is -0.426 e. The first-order chi connectivity index (χ1) is 14.8. The number of hydrogen-bond donors (Lipinski definition) is 0. The topological polar surface area (TPSA) is 93.9 Å². The van der Waals surface area contributed by atoms with Gasteiger partial charge >= 0.3 is 11.6 Å². The Balaban J connectivity index is 1.51. The lowest BCUT2D eigenvalue weighted by Gasteiger charge is -2.30. The fourth-order valence-corrected chi connectivity index (χ4v) is 6.76. The molecule has 0 amide bonds. The van der Waals surface area contributed by atoms with Crippen molar-refractivity contribution in [1.82, 2.24) is 4.31 Å². The van der Waals surface area contributed by atoms with Crippen molar-refractivity contribution in [3.63, 3.8) is 0 Å². The Kier molecular flexibility index (Phi) is 6.00. The maximum atomic E-state index is 12.9. The van der Waals surface area contributed by atoms with E-state index in [4.69, 9.17) is 9.15 Å². The monoisotopic (exact) mass is 461 g/mol. The van der Waals surface area contributed by atoms with Gasteiger partial charge in [0.05, 0.1) is 5.92 Å². The predicted octanol–water partition coefficient (Wildman–Crippen LogP) is 3.73. The summed E-state index contributed by atoms with van der Waals surface area (Å²) in [4.78, 5) is 25.4. The van der Waals surface area contributed by atoms with E-state index in [1.807, 2.05) is 13.8 Å². The number of nitrogens with zero attached hydrogens (tertiary/aromatic N) is 1. The van der Waals surface area contributed by atoms with Crippen molar-refractivity contribution in [2.24, 2.45) is 5.92 Å². The van der Waals surface area contributed by atoms with Crippen molar-refractivity contribution in [3.05, 3.63) is 57.3 Å². The number of aryl methyl sites for hydroxylation is 2. The number of thiophene rings is 1. The van der Waals surface area contributed by atoms with Crippen LogP contribution in [0.2, 0.25) is 0 Å². The molecule has 1 aromatic carbocycles. The van der Waals surface area contributed by atoms with Gasteiger partial charge < -0.3 is 9.15 Å². The summed E-state index contributed by atoms with van der Waals surface area (Å²) in [7, 11) is -3.63. The van der Waals surface area contributed by atoms with E-state index in [0.717, 1.165) is 15.8 Å². The molecule has 7 nitrogen and oxygen atoms in total. The highest BCUT2D eigenvalue weighted by molar-refractivity contribution is 7.91. The van der Waals surface area contributed by atoms with Crippen LogP contribution < -0.4 is 10.4 Å². The summed E-state index contributed by atoms with van der Waals surface area (Å²) in [6.45, 7) is 4.27. The Morgan fingerprint density at radius 1 is 1.26 bits per heavy atom. The molecule has 0 N–H and O–H groups in total. The van der Waals surface area contributed by atoms with Crippen LogP contribution in [0.15, 0.2) is 49.8 Å². The fraction of sp³-hybridized carbons (Fsp3) is 0.364. The zero-order valence-corrected chi connectivity index (χ0v) is 18.9. The Labute approximate surface area is 184 Å². The number of benzene rings is 1.